The van der Waals surface area contributed by atoms with E-state index < -0.39 is 0 Å². The van der Waals surface area contributed by atoms with Gasteiger partial charge in [0.1, 0.15) is 11.5 Å². The second kappa shape index (κ2) is 6.76. The number of methoxy groups -OCH3 is 1. The third kappa shape index (κ3) is 3.85. The van der Waals surface area contributed by atoms with Crippen LogP contribution in [0.3, 0.4) is 0 Å². The van der Waals surface area contributed by atoms with E-state index in [2.05, 4.69) is 29.8 Å². The maximum absolute atomic E-state index is 12.2. The molecule has 2 aromatic carbocycles. The molecule has 2 aromatic rings. The SMILES string of the molecule is COc1ccc(C(=O)Oc2ccc(Br)cc2C(C)C)cc1. The van der Waals surface area contributed by atoms with Crippen LogP contribution < -0.4 is 9.47 Å². The molecule has 0 N–H and O–H groups in total. The van der Waals surface area contributed by atoms with Gasteiger partial charge in [-0.05, 0) is 53.9 Å². The van der Waals surface area contributed by atoms with E-state index in [1.807, 2.05) is 12.1 Å². The zero-order chi connectivity index (χ0) is 15.4. The number of rotatable bonds is 4. The molecule has 21 heavy (non-hydrogen) atoms. The summed E-state index contributed by atoms with van der Waals surface area (Å²) in [5.41, 5.74) is 1.49. The quantitative estimate of drug-likeness (QED) is 0.588. The highest BCUT2D eigenvalue weighted by Crippen LogP contribution is 2.30. The van der Waals surface area contributed by atoms with Gasteiger partial charge in [-0.2, -0.15) is 0 Å². The number of esters is 1. The molecule has 0 fully saturated rings. The summed E-state index contributed by atoms with van der Waals surface area (Å²) in [5, 5.41) is 0. The Labute approximate surface area is 133 Å². The van der Waals surface area contributed by atoms with Gasteiger partial charge in [-0.15, -0.1) is 0 Å². The fraction of sp³-hybridized carbons (Fsp3) is 0.235. The third-order valence-corrected chi connectivity index (χ3v) is 3.62. The fourth-order valence-electron chi connectivity index (χ4n) is 1.95. The summed E-state index contributed by atoms with van der Waals surface area (Å²) in [4.78, 5) is 12.2. The molecule has 0 atom stereocenters. The number of benzene rings is 2. The van der Waals surface area contributed by atoms with Crippen molar-refractivity contribution in [3.8, 4) is 11.5 Å². The first-order chi connectivity index (χ1) is 10.0. The van der Waals surface area contributed by atoms with Crippen LogP contribution in [0, 0.1) is 0 Å². The number of halogens is 1. The number of ether oxygens (including phenoxy) is 2. The molecule has 0 saturated carbocycles. The highest BCUT2D eigenvalue weighted by molar-refractivity contribution is 9.10. The summed E-state index contributed by atoms with van der Waals surface area (Å²) < 4.78 is 11.6. The minimum Gasteiger partial charge on any atom is -0.497 e. The fourth-order valence-corrected chi connectivity index (χ4v) is 2.33. The van der Waals surface area contributed by atoms with E-state index in [1.165, 1.54) is 0 Å². The van der Waals surface area contributed by atoms with Crippen LogP contribution in [-0.4, -0.2) is 13.1 Å². The molecule has 3 nitrogen and oxygen atoms in total. The van der Waals surface area contributed by atoms with E-state index in [0.717, 1.165) is 10.0 Å². The topological polar surface area (TPSA) is 35.5 Å². The van der Waals surface area contributed by atoms with Crippen LogP contribution in [0.2, 0.25) is 0 Å². The van der Waals surface area contributed by atoms with E-state index >= 15 is 0 Å². The van der Waals surface area contributed by atoms with E-state index in [1.54, 1.807) is 37.4 Å². The first kappa shape index (κ1) is 15.6. The van der Waals surface area contributed by atoms with Gasteiger partial charge in [-0.25, -0.2) is 4.79 Å². The van der Waals surface area contributed by atoms with Crippen LogP contribution in [0.5, 0.6) is 11.5 Å². The Morgan fingerprint density at radius 2 is 1.76 bits per heavy atom. The number of hydrogen-bond acceptors (Lipinski definition) is 3. The Bertz CT molecular complexity index is 633. The lowest BCUT2D eigenvalue weighted by molar-refractivity contribution is 0.0733. The van der Waals surface area contributed by atoms with Crippen molar-refractivity contribution in [3.63, 3.8) is 0 Å². The molecule has 0 spiro atoms. The maximum Gasteiger partial charge on any atom is 0.343 e. The molecule has 0 aliphatic rings. The Morgan fingerprint density at radius 3 is 2.33 bits per heavy atom. The van der Waals surface area contributed by atoms with Gasteiger partial charge in [-0.1, -0.05) is 29.8 Å². The molecular formula is C17H17BrO3. The standard InChI is InChI=1S/C17H17BrO3/c1-11(2)15-10-13(18)6-9-16(15)21-17(19)12-4-7-14(20-3)8-5-12/h4-11H,1-3H3. The maximum atomic E-state index is 12.2. The summed E-state index contributed by atoms with van der Waals surface area (Å²) in [6, 6.07) is 12.5. The van der Waals surface area contributed by atoms with Gasteiger partial charge in [0.25, 0.3) is 0 Å². The zero-order valence-electron chi connectivity index (χ0n) is 12.2. The van der Waals surface area contributed by atoms with Crippen LogP contribution in [0.4, 0.5) is 0 Å². The van der Waals surface area contributed by atoms with Crippen LogP contribution in [0.15, 0.2) is 46.9 Å². The second-order valence-electron chi connectivity index (χ2n) is 4.95. The Balaban J connectivity index is 2.22. The smallest absolute Gasteiger partial charge is 0.343 e. The molecule has 2 rings (SSSR count). The van der Waals surface area contributed by atoms with Crippen molar-refractivity contribution < 1.29 is 14.3 Å². The van der Waals surface area contributed by atoms with Gasteiger partial charge < -0.3 is 9.47 Å². The van der Waals surface area contributed by atoms with Crippen molar-refractivity contribution >= 4 is 21.9 Å². The Hall–Kier alpha value is -1.81. The Morgan fingerprint density at radius 1 is 1.10 bits per heavy atom. The number of carbonyl (C=O) groups excluding carboxylic acids is 1. The van der Waals surface area contributed by atoms with E-state index in [4.69, 9.17) is 9.47 Å². The first-order valence-corrected chi connectivity index (χ1v) is 7.46. The Kier molecular flexibility index (Phi) is 5.02. The van der Waals surface area contributed by atoms with Gasteiger partial charge in [0.05, 0.1) is 12.7 Å². The minimum absolute atomic E-state index is 0.265. The predicted molar refractivity (Wildman–Crippen MR) is 86.2 cm³/mol. The predicted octanol–water partition coefficient (Wildman–Crippen LogP) is 4.80. The minimum atomic E-state index is -0.373. The lowest BCUT2D eigenvalue weighted by Gasteiger charge is -2.13. The molecule has 0 aliphatic carbocycles. The summed E-state index contributed by atoms with van der Waals surface area (Å²) in [5.74, 6) is 1.19. The van der Waals surface area contributed by atoms with Gasteiger partial charge >= 0.3 is 5.97 Å². The molecule has 0 heterocycles. The van der Waals surface area contributed by atoms with E-state index in [-0.39, 0.29) is 11.9 Å². The largest absolute Gasteiger partial charge is 0.497 e. The van der Waals surface area contributed by atoms with Crippen molar-refractivity contribution in [2.75, 3.05) is 7.11 Å². The molecule has 0 saturated heterocycles. The summed E-state index contributed by atoms with van der Waals surface area (Å²) in [6.07, 6.45) is 0. The van der Waals surface area contributed by atoms with E-state index in [9.17, 15) is 4.79 Å². The van der Waals surface area contributed by atoms with Crippen LogP contribution >= 0.6 is 15.9 Å². The second-order valence-corrected chi connectivity index (χ2v) is 5.87. The van der Waals surface area contributed by atoms with Crippen molar-refractivity contribution in [2.24, 2.45) is 0 Å². The van der Waals surface area contributed by atoms with Gasteiger partial charge in [-0.3, -0.25) is 0 Å². The average Bonchev–Trinajstić information content (AvgIpc) is 2.49. The van der Waals surface area contributed by atoms with Crippen LogP contribution in [-0.2, 0) is 0 Å². The zero-order valence-corrected chi connectivity index (χ0v) is 13.8. The van der Waals surface area contributed by atoms with Crippen LogP contribution in [0.25, 0.3) is 0 Å². The summed E-state index contributed by atoms with van der Waals surface area (Å²) >= 11 is 3.44. The van der Waals surface area contributed by atoms with E-state index in [0.29, 0.717) is 17.1 Å². The number of carbonyl (C=O) groups is 1. The lowest BCUT2D eigenvalue weighted by atomic mass is 10.0. The van der Waals surface area contributed by atoms with Crippen molar-refractivity contribution in [1.82, 2.24) is 0 Å². The van der Waals surface area contributed by atoms with Gasteiger partial charge in [0.15, 0.2) is 0 Å². The molecule has 110 valence electrons. The molecule has 0 radical (unpaired) electrons. The molecule has 0 aromatic heterocycles. The third-order valence-electron chi connectivity index (χ3n) is 3.12. The molecule has 0 amide bonds. The average molecular weight is 349 g/mol. The van der Waals surface area contributed by atoms with Crippen molar-refractivity contribution in [1.29, 1.82) is 0 Å². The van der Waals surface area contributed by atoms with Crippen molar-refractivity contribution in [2.45, 2.75) is 19.8 Å². The molecule has 4 heteroatoms. The van der Waals surface area contributed by atoms with Crippen LogP contribution in [0.1, 0.15) is 35.7 Å². The highest BCUT2D eigenvalue weighted by atomic mass is 79.9. The lowest BCUT2D eigenvalue weighted by Crippen LogP contribution is -2.10. The first-order valence-electron chi connectivity index (χ1n) is 6.67. The van der Waals surface area contributed by atoms with Gasteiger partial charge in [0.2, 0.25) is 0 Å². The van der Waals surface area contributed by atoms with Gasteiger partial charge in [0, 0.05) is 4.47 Å². The normalized spacial score (nSPS) is 10.5. The summed E-state index contributed by atoms with van der Waals surface area (Å²) in [6.45, 7) is 4.12. The summed E-state index contributed by atoms with van der Waals surface area (Å²) in [7, 11) is 1.59. The van der Waals surface area contributed by atoms with Crippen molar-refractivity contribution in [3.05, 3.63) is 58.1 Å². The molecular weight excluding hydrogens is 332 g/mol. The number of hydrogen-bond donors (Lipinski definition) is 0. The molecule has 0 aliphatic heterocycles. The monoisotopic (exact) mass is 348 g/mol. The molecule has 0 unspecified atom stereocenters. The highest BCUT2D eigenvalue weighted by Gasteiger charge is 2.14. The molecule has 0 bridgehead atoms.